The zero-order valence-corrected chi connectivity index (χ0v) is 13.7. The van der Waals surface area contributed by atoms with Crippen molar-refractivity contribution in [2.45, 2.75) is 38.3 Å². The molecule has 2 N–H and O–H groups in total. The van der Waals surface area contributed by atoms with Crippen molar-refractivity contribution in [1.82, 2.24) is 15.5 Å². The first-order chi connectivity index (χ1) is 11.5. The van der Waals surface area contributed by atoms with Crippen LogP contribution in [0.4, 0.5) is 0 Å². The zero-order valence-electron chi connectivity index (χ0n) is 13.7. The Bertz CT molecular complexity index is 692. The highest BCUT2D eigenvalue weighted by Crippen LogP contribution is 2.38. The maximum atomic E-state index is 12.3. The first kappa shape index (κ1) is 16.4. The van der Waals surface area contributed by atoms with Gasteiger partial charge in [0.15, 0.2) is 0 Å². The molecule has 1 amide bonds. The summed E-state index contributed by atoms with van der Waals surface area (Å²) in [7, 11) is 1.56. The number of ether oxygens (including phenoxy) is 1. The maximum Gasteiger partial charge on any atom is 0.228 e. The van der Waals surface area contributed by atoms with Gasteiger partial charge in [0, 0.05) is 18.3 Å². The van der Waals surface area contributed by atoms with Crippen molar-refractivity contribution in [2.24, 2.45) is 5.92 Å². The number of carbonyl (C=O) groups excluding carboxylic acids is 1. The molecule has 3 rings (SSSR count). The molecule has 1 saturated carbocycles. The lowest BCUT2D eigenvalue weighted by molar-refractivity contribution is -0.122. The minimum absolute atomic E-state index is 0.135. The number of nitrogens with one attached hydrogen (secondary N) is 1. The summed E-state index contributed by atoms with van der Waals surface area (Å²) >= 11 is 0. The molecule has 1 atom stereocenters. The Morgan fingerprint density at radius 1 is 1.50 bits per heavy atom. The van der Waals surface area contributed by atoms with E-state index in [9.17, 15) is 9.90 Å². The molecule has 7 heteroatoms. The molecule has 0 radical (unpaired) electrons. The van der Waals surface area contributed by atoms with E-state index in [-0.39, 0.29) is 30.4 Å². The summed E-state index contributed by atoms with van der Waals surface area (Å²) in [6.45, 7) is 1.81. The highest BCUT2D eigenvalue weighted by molar-refractivity contribution is 5.78. The van der Waals surface area contributed by atoms with Crippen molar-refractivity contribution in [3.05, 3.63) is 41.4 Å². The molecular formula is C17H21N3O4. The number of amides is 1. The Balaban J connectivity index is 1.70. The SMILES string of the molecule is COc1ccc(C(NC(=O)Cc2cc(C)no2)C2CC(O)C2)cn1. The molecule has 1 unspecified atom stereocenters. The topological polar surface area (TPSA) is 97.5 Å². The molecule has 2 heterocycles. The number of rotatable bonds is 6. The van der Waals surface area contributed by atoms with E-state index >= 15 is 0 Å². The first-order valence-corrected chi connectivity index (χ1v) is 7.94. The highest BCUT2D eigenvalue weighted by Gasteiger charge is 2.36. The summed E-state index contributed by atoms with van der Waals surface area (Å²) in [6, 6.07) is 5.21. The predicted molar refractivity (Wildman–Crippen MR) is 85.3 cm³/mol. The molecule has 128 valence electrons. The van der Waals surface area contributed by atoms with Crippen LogP contribution in [0.25, 0.3) is 0 Å². The summed E-state index contributed by atoms with van der Waals surface area (Å²) in [6.07, 6.45) is 2.87. The normalized spacial score (nSPS) is 21.0. The first-order valence-electron chi connectivity index (χ1n) is 7.94. The number of aliphatic hydroxyl groups excluding tert-OH is 1. The third-order valence-electron chi connectivity index (χ3n) is 4.28. The second-order valence-corrected chi connectivity index (χ2v) is 6.18. The Morgan fingerprint density at radius 2 is 2.29 bits per heavy atom. The van der Waals surface area contributed by atoms with Gasteiger partial charge < -0.3 is 19.7 Å². The van der Waals surface area contributed by atoms with E-state index < -0.39 is 0 Å². The highest BCUT2D eigenvalue weighted by atomic mass is 16.5. The summed E-state index contributed by atoms with van der Waals surface area (Å²) < 4.78 is 10.2. The van der Waals surface area contributed by atoms with Crippen LogP contribution >= 0.6 is 0 Å². The van der Waals surface area contributed by atoms with Crippen LogP contribution in [-0.2, 0) is 11.2 Å². The summed E-state index contributed by atoms with van der Waals surface area (Å²) in [5, 5.41) is 16.4. The molecule has 0 saturated heterocycles. The molecule has 1 aliphatic carbocycles. The van der Waals surface area contributed by atoms with Crippen molar-refractivity contribution in [1.29, 1.82) is 0 Å². The average Bonchev–Trinajstić information content (AvgIpc) is 2.95. The van der Waals surface area contributed by atoms with Crippen LogP contribution in [0.3, 0.4) is 0 Å². The molecule has 24 heavy (non-hydrogen) atoms. The van der Waals surface area contributed by atoms with Gasteiger partial charge in [-0.3, -0.25) is 4.79 Å². The van der Waals surface area contributed by atoms with Crippen LogP contribution in [0.2, 0.25) is 0 Å². The van der Waals surface area contributed by atoms with Crippen LogP contribution in [0.1, 0.15) is 35.9 Å². The van der Waals surface area contributed by atoms with E-state index in [1.54, 1.807) is 25.4 Å². The number of hydrogen-bond acceptors (Lipinski definition) is 6. The van der Waals surface area contributed by atoms with Gasteiger partial charge >= 0.3 is 0 Å². The van der Waals surface area contributed by atoms with Gasteiger partial charge in [-0.05, 0) is 31.2 Å². The number of carbonyl (C=O) groups is 1. The monoisotopic (exact) mass is 331 g/mol. The number of aliphatic hydroxyl groups is 1. The zero-order chi connectivity index (χ0) is 17.1. The molecule has 0 aliphatic heterocycles. The van der Waals surface area contributed by atoms with Crippen LogP contribution in [0.5, 0.6) is 5.88 Å². The van der Waals surface area contributed by atoms with Crippen LogP contribution < -0.4 is 10.1 Å². The molecule has 0 spiro atoms. The second kappa shape index (κ2) is 7.00. The van der Waals surface area contributed by atoms with E-state index in [0.29, 0.717) is 24.5 Å². The van der Waals surface area contributed by atoms with E-state index in [1.807, 2.05) is 13.0 Å². The number of aryl methyl sites for hydroxylation is 1. The second-order valence-electron chi connectivity index (χ2n) is 6.18. The lowest BCUT2D eigenvalue weighted by atomic mass is 9.75. The largest absolute Gasteiger partial charge is 0.481 e. The molecule has 2 aromatic heterocycles. The molecule has 1 aliphatic rings. The van der Waals surface area contributed by atoms with Crippen LogP contribution in [0, 0.1) is 12.8 Å². The van der Waals surface area contributed by atoms with Gasteiger partial charge in [0.05, 0.1) is 31.4 Å². The molecule has 2 aromatic rings. The Labute approximate surface area is 140 Å². The minimum atomic E-state index is -0.294. The molecule has 7 nitrogen and oxygen atoms in total. The summed E-state index contributed by atoms with van der Waals surface area (Å²) in [5.74, 6) is 1.10. The van der Waals surface area contributed by atoms with Crippen molar-refractivity contribution in [2.75, 3.05) is 7.11 Å². The third kappa shape index (κ3) is 3.73. The van der Waals surface area contributed by atoms with E-state index in [1.165, 1.54) is 0 Å². The summed E-state index contributed by atoms with van der Waals surface area (Å²) in [4.78, 5) is 16.6. The Hall–Kier alpha value is -2.41. The van der Waals surface area contributed by atoms with Gasteiger partial charge in [-0.1, -0.05) is 11.2 Å². The lowest BCUT2D eigenvalue weighted by Gasteiger charge is -2.38. The Morgan fingerprint density at radius 3 is 2.83 bits per heavy atom. The molecule has 0 aromatic carbocycles. The van der Waals surface area contributed by atoms with Gasteiger partial charge in [0.25, 0.3) is 0 Å². The third-order valence-corrected chi connectivity index (χ3v) is 4.28. The standard InChI is InChI=1S/C17H21N3O4/c1-10-5-14(24-20-10)8-15(22)19-17(12-6-13(21)7-12)11-3-4-16(23-2)18-9-11/h3-5,9,12-13,17,21H,6-8H2,1-2H3,(H,19,22). The smallest absolute Gasteiger partial charge is 0.228 e. The van der Waals surface area contributed by atoms with Crippen LogP contribution in [-0.4, -0.2) is 34.4 Å². The van der Waals surface area contributed by atoms with Crippen molar-refractivity contribution < 1.29 is 19.2 Å². The Kier molecular flexibility index (Phi) is 4.80. The summed E-state index contributed by atoms with van der Waals surface area (Å²) in [5.41, 5.74) is 1.64. The van der Waals surface area contributed by atoms with Crippen molar-refractivity contribution in [3.63, 3.8) is 0 Å². The van der Waals surface area contributed by atoms with Crippen molar-refractivity contribution in [3.8, 4) is 5.88 Å². The number of aromatic nitrogens is 2. The fourth-order valence-electron chi connectivity index (χ4n) is 2.95. The number of nitrogens with zero attached hydrogens (tertiary/aromatic N) is 2. The van der Waals surface area contributed by atoms with Gasteiger partial charge in [-0.2, -0.15) is 0 Å². The van der Waals surface area contributed by atoms with Gasteiger partial charge in [-0.25, -0.2) is 4.98 Å². The fourth-order valence-corrected chi connectivity index (χ4v) is 2.95. The van der Waals surface area contributed by atoms with Crippen LogP contribution in [0.15, 0.2) is 28.9 Å². The van der Waals surface area contributed by atoms with E-state index in [0.717, 1.165) is 11.3 Å². The van der Waals surface area contributed by atoms with Gasteiger partial charge in [0.1, 0.15) is 5.76 Å². The quantitative estimate of drug-likeness (QED) is 0.833. The lowest BCUT2D eigenvalue weighted by Crippen LogP contribution is -2.41. The van der Waals surface area contributed by atoms with Gasteiger partial charge in [0.2, 0.25) is 11.8 Å². The minimum Gasteiger partial charge on any atom is -0.481 e. The fraction of sp³-hybridized carbons (Fsp3) is 0.471. The maximum absolute atomic E-state index is 12.3. The average molecular weight is 331 g/mol. The van der Waals surface area contributed by atoms with E-state index in [2.05, 4.69) is 15.5 Å². The van der Waals surface area contributed by atoms with E-state index in [4.69, 9.17) is 9.26 Å². The molecule has 0 bridgehead atoms. The number of pyridine rings is 1. The number of hydrogen-bond donors (Lipinski definition) is 2. The van der Waals surface area contributed by atoms with Crippen molar-refractivity contribution >= 4 is 5.91 Å². The molecule has 1 fully saturated rings. The number of methoxy groups -OCH3 is 1. The molecular weight excluding hydrogens is 310 g/mol. The van der Waals surface area contributed by atoms with Gasteiger partial charge in [-0.15, -0.1) is 0 Å². The predicted octanol–water partition coefficient (Wildman–Crippen LogP) is 1.56.